The number of nitrogens with one attached hydrogen (secondary N) is 3. The van der Waals surface area contributed by atoms with Gasteiger partial charge in [-0.15, -0.1) is 0 Å². The molecule has 2 aliphatic carbocycles. The molecule has 346 valence electrons. The first-order chi connectivity index (χ1) is 30.2. The summed E-state index contributed by atoms with van der Waals surface area (Å²) in [7, 11) is -2.63. The number of methoxy groups -OCH3 is 1. The first-order valence-corrected chi connectivity index (χ1v) is 23.5. The molecule has 18 heteroatoms. The molecule has 7 atom stereocenters. The van der Waals surface area contributed by atoms with Crippen LogP contribution in [0.4, 0.5) is 9.18 Å². The summed E-state index contributed by atoms with van der Waals surface area (Å²) in [5, 5.41) is 5.19. The molecule has 0 radical (unpaired) electrons. The number of fused-ring (bicyclic) bond motifs is 3. The standard InChI is InChI=1S/C46H59FN6O10S/c1-25(2)61-30-15-13-28(14-16-30)39-48-35-22-37(60-8)34(47)21-33(35)41(50-39)62-31-20-36-40(54)51-46(43(56)52-64(58,59)32-17-18-32)23-29(46)12-10-9-11-26(3)19-27(4)38(42(55)53(36)24-31)49-44(57)63-45(5,6)7/h10,12-16,21-22,25-27,29,31-32,36,38H,9,11,17-20,23-24H2,1-8H3,(H,49,57)(H,51,54)(H,52,56)/b12-10-/t26-,27-,29-,31-,36+,38+,46-/m1/s1. The van der Waals surface area contributed by atoms with Crippen LogP contribution in [0.25, 0.3) is 22.3 Å². The van der Waals surface area contributed by atoms with Crippen molar-refractivity contribution in [2.75, 3.05) is 13.7 Å². The first-order valence-electron chi connectivity index (χ1n) is 22.0. The van der Waals surface area contributed by atoms with Crippen LogP contribution in [0, 0.1) is 23.6 Å². The van der Waals surface area contributed by atoms with Crippen molar-refractivity contribution < 1.29 is 50.9 Å². The van der Waals surface area contributed by atoms with Crippen molar-refractivity contribution in [2.24, 2.45) is 17.8 Å². The van der Waals surface area contributed by atoms with Gasteiger partial charge in [-0.2, -0.15) is 4.98 Å². The number of amides is 4. The quantitative estimate of drug-likeness (QED) is 0.202. The van der Waals surface area contributed by atoms with Gasteiger partial charge in [0.25, 0.3) is 5.91 Å². The highest BCUT2D eigenvalue weighted by atomic mass is 32.2. The highest BCUT2D eigenvalue weighted by molar-refractivity contribution is 7.91. The Morgan fingerprint density at radius 2 is 1.75 bits per heavy atom. The molecule has 1 aromatic heterocycles. The van der Waals surface area contributed by atoms with Crippen LogP contribution in [0.15, 0.2) is 48.6 Å². The summed E-state index contributed by atoms with van der Waals surface area (Å²) in [5.74, 6) is -2.87. The second-order valence-electron chi connectivity index (χ2n) is 18.9. The average molecular weight is 907 g/mol. The lowest BCUT2D eigenvalue weighted by Crippen LogP contribution is -2.59. The van der Waals surface area contributed by atoms with Crippen molar-refractivity contribution in [1.29, 1.82) is 0 Å². The fourth-order valence-electron chi connectivity index (χ4n) is 8.52. The third kappa shape index (κ3) is 10.5. The van der Waals surface area contributed by atoms with E-state index in [1.165, 1.54) is 24.1 Å². The van der Waals surface area contributed by atoms with E-state index in [1.54, 1.807) is 45.0 Å². The molecule has 3 heterocycles. The number of benzene rings is 2. The molecule has 4 amide bonds. The minimum atomic E-state index is -3.97. The van der Waals surface area contributed by atoms with E-state index in [1.807, 2.05) is 32.9 Å². The highest BCUT2D eigenvalue weighted by Gasteiger charge is 2.62. The molecule has 7 rings (SSSR count). The number of hydrogen-bond acceptors (Lipinski definition) is 12. The van der Waals surface area contributed by atoms with E-state index in [-0.39, 0.29) is 54.2 Å². The Hall–Kier alpha value is -5.52. The predicted molar refractivity (Wildman–Crippen MR) is 235 cm³/mol. The Bertz CT molecular complexity index is 2420. The van der Waals surface area contributed by atoms with Gasteiger partial charge in [-0.1, -0.05) is 26.0 Å². The predicted octanol–water partition coefficient (Wildman–Crippen LogP) is 5.97. The molecule has 1 saturated heterocycles. The van der Waals surface area contributed by atoms with Crippen LogP contribution in [0.1, 0.15) is 93.4 Å². The summed E-state index contributed by atoms with van der Waals surface area (Å²) in [4.78, 5) is 67.8. The van der Waals surface area contributed by atoms with Crippen LogP contribution in [0.2, 0.25) is 0 Å². The van der Waals surface area contributed by atoms with Gasteiger partial charge < -0.3 is 34.5 Å². The number of sulfonamides is 1. The van der Waals surface area contributed by atoms with Crippen molar-refractivity contribution in [3.05, 3.63) is 54.4 Å². The molecular weight excluding hydrogens is 848 g/mol. The summed E-state index contributed by atoms with van der Waals surface area (Å²) < 4.78 is 66.9. The Balaban J connectivity index is 1.27. The molecule has 2 saturated carbocycles. The number of nitrogens with zero attached hydrogens (tertiary/aromatic N) is 3. The molecular formula is C46H59FN6O10S. The van der Waals surface area contributed by atoms with E-state index in [9.17, 15) is 22.8 Å². The average Bonchev–Trinajstić information content (AvgIpc) is 4.14. The van der Waals surface area contributed by atoms with Crippen LogP contribution in [0.3, 0.4) is 0 Å². The number of hydrogen-bond donors (Lipinski definition) is 3. The van der Waals surface area contributed by atoms with Crippen molar-refractivity contribution >= 4 is 44.7 Å². The van der Waals surface area contributed by atoms with E-state index in [0.29, 0.717) is 42.5 Å². The smallest absolute Gasteiger partial charge is 0.408 e. The van der Waals surface area contributed by atoms with Gasteiger partial charge in [0.1, 0.15) is 35.1 Å². The van der Waals surface area contributed by atoms with Gasteiger partial charge in [-0.05, 0) is 115 Å². The van der Waals surface area contributed by atoms with Gasteiger partial charge in [-0.25, -0.2) is 22.6 Å². The van der Waals surface area contributed by atoms with E-state index in [4.69, 9.17) is 28.9 Å². The number of carbonyl (C=O) groups excluding carboxylic acids is 4. The van der Waals surface area contributed by atoms with Gasteiger partial charge in [-0.3, -0.25) is 19.1 Å². The zero-order valence-electron chi connectivity index (χ0n) is 37.6. The second-order valence-corrected chi connectivity index (χ2v) is 20.9. The SMILES string of the molecule is COc1cc2nc(-c3ccc(OC(C)C)cc3)nc(O[C@@H]3C[C@H]4C(=O)N[C@]5(C(=O)NS(=O)(=O)C6CC6)C[C@H]5/C=C\CC[C@@H](C)C[C@@H](C)[C@H](NC(=O)OC(C)(C)C)C(=O)N4C3)c2cc1F. The van der Waals surface area contributed by atoms with Crippen LogP contribution < -0.4 is 29.6 Å². The van der Waals surface area contributed by atoms with Crippen molar-refractivity contribution in [2.45, 2.75) is 134 Å². The van der Waals surface area contributed by atoms with Gasteiger partial charge in [0, 0.05) is 24.0 Å². The molecule has 3 N–H and O–H groups in total. The lowest BCUT2D eigenvalue weighted by Gasteiger charge is -2.33. The number of aromatic nitrogens is 2. The van der Waals surface area contributed by atoms with Crippen molar-refractivity contribution in [3.8, 4) is 28.8 Å². The van der Waals surface area contributed by atoms with Crippen LogP contribution in [-0.4, -0.2) is 101 Å². The largest absolute Gasteiger partial charge is 0.494 e. The van der Waals surface area contributed by atoms with Crippen LogP contribution >= 0.6 is 0 Å². The Morgan fingerprint density at radius 3 is 2.41 bits per heavy atom. The maximum Gasteiger partial charge on any atom is 0.408 e. The molecule has 3 fully saturated rings. The molecule has 2 aromatic carbocycles. The minimum absolute atomic E-state index is 0.0243. The zero-order valence-corrected chi connectivity index (χ0v) is 38.4. The number of rotatable bonds is 10. The Labute approximate surface area is 373 Å². The summed E-state index contributed by atoms with van der Waals surface area (Å²) in [6.45, 7) is 12.7. The third-order valence-electron chi connectivity index (χ3n) is 12.0. The maximum atomic E-state index is 15.4. The molecule has 0 bridgehead atoms. The van der Waals surface area contributed by atoms with Crippen LogP contribution in [0.5, 0.6) is 17.4 Å². The fourth-order valence-corrected chi connectivity index (χ4v) is 9.89. The van der Waals surface area contributed by atoms with Gasteiger partial charge in [0.05, 0.1) is 35.9 Å². The van der Waals surface area contributed by atoms with Gasteiger partial charge in [0.2, 0.25) is 27.7 Å². The fraction of sp³-hybridized carbons (Fsp3) is 0.565. The summed E-state index contributed by atoms with van der Waals surface area (Å²) in [5.41, 5.74) is -1.58. The monoisotopic (exact) mass is 906 g/mol. The van der Waals surface area contributed by atoms with Crippen LogP contribution in [-0.2, 0) is 29.1 Å². The molecule has 0 unspecified atom stereocenters. The summed E-state index contributed by atoms with van der Waals surface area (Å²) >= 11 is 0. The number of alkyl carbamates (subject to hydrolysis) is 1. The number of halogens is 1. The lowest BCUT2D eigenvalue weighted by atomic mass is 9.88. The van der Waals surface area contributed by atoms with E-state index < -0.39 is 86.1 Å². The third-order valence-corrected chi connectivity index (χ3v) is 13.8. The molecule has 16 nitrogen and oxygen atoms in total. The zero-order chi connectivity index (χ0) is 46.3. The van der Waals surface area contributed by atoms with E-state index >= 15 is 9.18 Å². The summed E-state index contributed by atoms with van der Waals surface area (Å²) in [6.07, 6.45) is 4.78. The molecule has 2 aliphatic heterocycles. The number of carbonyl (C=O) groups is 4. The lowest BCUT2D eigenvalue weighted by molar-refractivity contribution is -0.142. The summed E-state index contributed by atoms with van der Waals surface area (Å²) in [6, 6.07) is 7.33. The Kier molecular flexibility index (Phi) is 13.2. The van der Waals surface area contributed by atoms with E-state index in [0.717, 1.165) is 6.42 Å². The minimum Gasteiger partial charge on any atom is -0.494 e. The topological polar surface area (TPSA) is 204 Å². The van der Waals surface area contributed by atoms with Crippen molar-refractivity contribution in [3.63, 3.8) is 0 Å². The number of allylic oxidation sites excluding steroid dienone is 1. The second kappa shape index (κ2) is 18.2. The van der Waals surface area contributed by atoms with Gasteiger partial charge in [0.15, 0.2) is 17.4 Å². The maximum absolute atomic E-state index is 15.4. The van der Waals surface area contributed by atoms with Gasteiger partial charge >= 0.3 is 6.09 Å². The Morgan fingerprint density at radius 1 is 1.03 bits per heavy atom. The molecule has 4 aliphatic rings. The highest BCUT2D eigenvalue weighted by Crippen LogP contribution is 2.46. The van der Waals surface area contributed by atoms with Crippen molar-refractivity contribution in [1.82, 2.24) is 30.2 Å². The first kappa shape index (κ1) is 46.5. The normalized spacial score (nSPS) is 27.0. The molecule has 3 aromatic rings. The molecule has 64 heavy (non-hydrogen) atoms. The molecule has 0 spiro atoms. The number of ether oxygens (including phenoxy) is 4. The van der Waals surface area contributed by atoms with E-state index in [2.05, 4.69) is 22.3 Å².